The van der Waals surface area contributed by atoms with E-state index < -0.39 is 0 Å². The molecule has 3 aliphatic rings. The number of hydrogen-bond acceptors (Lipinski definition) is 2. The maximum absolute atomic E-state index is 10.4. The fourth-order valence-electron chi connectivity index (χ4n) is 8.88. The summed E-state index contributed by atoms with van der Waals surface area (Å²) >= 11 is 0. The van der Waals surface area contributed by atoms with Gasteiger partial charge in [0.25, 0.3) is 0 Å². The zero-order valence-electron chi connectivity index (χ0n) is 33.7. The summed E-state index contributed by atoms with van der Waals surface area (Å²) in [6, 6.07) is 5.96. The fourth-order valence-corrected chi connectivity index (χ4v) is 8.88. The van der Waals surface area contributed by atoms with Crippen LogP contribution in [0.5, 0.6) is 5.75 Å². The smallest absolute Gasteiger partial charge is 0.115 e. The van der Waals surface area contributed by atoms with E-state index in [-0.39, 0.29) is 11.5 Å². The second kappa shape index (κ2) is 21.1. The van der Waals surface area contributed by atoms with E-state index >= 15 is 0 Å². The van der Waals surface area contributed by atoms with Crippen LogP contribution in [0.25, 0.3) is 0 Å². The first-order chi connectivity index (χ1) is 23.8. The minimum absolute atomic E-state index is 0.0883. The molecule has 0 aliphatic heterocycles. The number of rotatable bonds is 15. The number of aliphatic hydroxyl groups excluding tert-OH is 1. The lowest BCUT2D eigenvalue weighted by Crippen LogP contribution is -2.43. The second-order valence-corrected chi connectivity index (χ2v) is 16.9. The van der Waals surface area contributed by atoms with Crippen LogP contribution in [0.4, 0.5) is 0 Å². The van der Waals surface area contributed by atoms with Gasteiger partial charge in [-0.25, -0.2) is 0 Å². The molecule has 3 aliphatic carbocycles. The minimum atomic E-state index is -0.0883. The summed E-state index contributed by atoms with van der Waals surface area (Å²) in [5, 5.41) is 20.0. The lowest BCUT2D eigenvalue weighted by molar-refractivity contribution is -0.0226. The maximum atomic E-state index is 10.4. The third kappa shape index (κ3) is 13.5. The van der Waals surface area contributed by atoms with Crippen LogP contribution in [-0.4, -0.2) is 16.3 Å². The topological polar surface area (TPSA) is 40.5 Å². The molecule has 1 aromatic rings. The van der Waals surface area contributed by atoms with Gasteiger partial charge in [0.05, 0.1) is 6.10 Å². The summed E-state index contributed by atoms with van der Waals surface area (Å²) < 4.78 is 0. The molecule has 2 fully saturated rings. The number of benzene rings is 1. The lowest BCUT2D eigenvalue weighted by Gasteiger charge is -2.50. The van der Waals surface area contributed by atoms with Gasteiger partial charge in [0.15, 0.2) is 0 Å². The predicted octanol–water partition coefficient (Wildman–Crippen LogP) is 14.2. The molecule has 2 heteroatoms. The van der Waals surface area contributed by atoms with Crippen molar-refractivity contribution in [3.63, 3.8) is 0 Å². The lowest BCUT2D eigenvalue weighted by atomic mass is 9.55. The Balaban J connectivity index is 0.000000288. The van der Waals surface area contributed by atoms with Crippen LogP contribution in [0.2, 0.25) is 0 Å². The second-order valence-electron chi connectivity index (χ2n) is 16.9. The normalized spacial score (nSPS) is 25.2. The fraction of sp³-hybridized carbons (Fsp3) is 0.625. The van der Waals surface area contributed by atoms with Crippen molar-refractivity contribution in [2.24, 2.45) is 17.3 Å². The number of phenolic OH excluding ortho intramolecular Hbond substituents is 1. The van der Waals surface area contributed by atoms with Gasteiger partial charge in [0.1, 0.15) is 5.75 Å². The van der Waals surface area contributed by atoms with Crippen molar-refractivity contribution in [3.05, 3.63) is 99.2 Å². The number of phenols is 1. The monoisotopic (exact) mass is 683 g/mol. The van der Waals surface area contributed by atoms with Crippen LogP contribution < -0.4 is 0 Å². The molecular weight excluding hydrogens is 609 g/mol. The molecule has 5 atom stereocenters. The van der Waals surface area contributed by atoms with Gasteiger partial charge < -0.3 is 10.2 Å². The molecule has 0 unspecified atom stereocenters. The molecule has 4 rings (SSSR count). The predicted molar refractivity (Wildman–Crippen MR) is 219 cm³/mol. The number of unbranched alkanes of at least 4 members (excludes halogenated alkanes) is 1. The zero-order valence-corrected chi connectivity index (χ0v) is 33.7. The van der Waals surface area contributed by atoms with Crippen LogP contribution in [0.15, 0.2) is 88.1 Å². The van der Waals surface area contributed by atoms with Gasteiger partial charge in [-0.1, -0.05) is 82.9 Å². The molecule has 278 valence electrons. The van der Waals surface area contributed by atoms with Crippen molar-refractivity contribution >= 4 is 0 Å². The highest BCUT2D eigenvalue weighted by Gasteiger charge is 2.54. The standard InChI is InChI=1S/C30H50.C18H24O2/c1-25(2)15-11-19-29(7)23-13-21-27(5)17-9-10-18-28(6)22-14-24-30(8)20-12-16-26(3)4;1-18-9-8-14-13-5-3-12(19)10-11(13)2-4-15(14)16(18)6-7-17(18)20/h15-18,23-24H,9-14,19-22H2,1-8H3;3,5,10,14-17,19-20H,2,4,6-9H2,1H3/b27-17+,28-18+,29-23+,30-24+;/t;14-,15-,16+,17+,18+/m.1/s1. The van der Waals surface area contributed by atoms with Crippen LogP contribution in [0.3, 0.4) is 0 Å². The van der Waals surface area contributed by atoms with Crippen molar-refractivity contribution in [1.82, 2.24) is 0 Å². The van der Waals surface area contributed by atoms with E-state index in [2.05, 4.69) is 105 Å². The Morgan fingerprint density at radius 3 is 1.62 bits per heavy atom. The number of aromatic hydroxyl groups is 1. The highest BCUT2D eigenvalue weighted by atomic mass is 16.3. The van der Waals surface area contributed by atoms with Gasteiger partial charge in [0, 0.05) is 0 Å². The van der Waals surface area contributed by atoms with Crippen molar-refractivity contribution in [2.75, 3.05) is 0 Å². The van der Waals surface area contributed by atoms with E-state index in [1.807, 2.05) is 12.1 Å². The number of aliphatic hydroxyl groups is 1. The van der Waals surface area contributed by atoms with Gasteiger partial charge in [-0.15, -0.1) is 0 Å². The summed E-state index contributed by atoms with van der Waals surface area (Å²) in [4.78, 5) is 0. The summed E-state index contributed by atoms with van der Waals surface area (Å²) in [5.41, 5.74) is 12.0. The van der Waals surface area contributed by atoms with Gasteiger partial charge in [-0.2, -0.15) is 0 Å². The summed E-state index contributed by atoms with van der Waals surface area (Å²) in [5.74, 6) is 2.49. The first-order valence-electron chi connectivity index (χ1n) is 20.2. The first-order valence-corrected chi connectivity index (χ1v) is 20.2. The zero-order chi connectivity index (χ0) is 36.7. The molecule has 0 aromatic heterocycles. The van der Waals surface area contributed by atoms with Gasteiger partial charge in [0.2, 0.25) is 0 Å². The Bertz CT molecular complexity index is 1330. The molecule has 0 amide bonds. The third-order valence-electron chi connectivity index (χ3n) is 12.1. The van der Waals surface area contributed by atoms with E-state index in [9.17, 15) is 10.2 Å². The average Bonchev–Trinajstić information content (AvgIpc) is 3.36. The summed E-state index contributed by atoms with van der Waals surface area (Å²) in [6.45, 7) is 20.1. The first kappa shape index (κ1) is 41.8. The molecule has 50 heavy (non-hydrogen) atoms. The highest BCUT2D eigenvalue weighted by Crippen LogP contribution is 2.60. The molecule has 0 spiro atoms. The van der Waals surface area contributed by atoms with E-state index in [0.29, 0.717) is 17.6 Å². The van der Waals surface area contributed by atoms with E-state index in [0.717, 1.165) is 25.2 Å². The molecule has 2 N–H and O–H groups in total. The number of allylic oxidation sites excluding steroid dienone is 12. The van der Waals surface area contributed by atoms with Crippen LogP contribution >= 0.6 is 0 Å². The Morgan fingerprint density at radius 2 is 1.12 bits per heavy atom. The highest BCUT2D eigenvalue weighted by molar-refractivity contribution is 5.40. The van der Waals surface area contributed by atoms with Crippen LogP contribution in [-0.2, 0) is 6.42 Å². The minimum Gasteiger partial charge on any atom is -0.508 e. The van der Waals surface area contributed by atoms with Crippen molar-refractivity contribution < 1.29 is 10.2 Å². The Labute approximate surface area is 308 Å². The average molecular weight is 683 g/mol. The Hall–Kier alpha value is -2.58. The summed E-state index contributed by atoms with van der Waals surface area (Å²) in [7, 11) is 0. The Kier molecular flexibility index (Phi) is 17.6. The number of hydrogen-bond donors (Lipinski definition) is 2. The molecule has 0 saturated heterocycles. The van der Waals surface area contributed by atoms with Crippen molar-refractivity contribution in [3.8, 4) is 5.75 Å². The van der Waals surface area contributed by atoms with E-state index in [4.69, 9.17) is 0 Å². The van der Waals surface area contributed by atoms with Gasteiger partial charge >= 0.3 is 0 Å². The van der Waals surface area contributed by atoms with Crippen molar-refractivity contribution in [2.45, 2.75) is 177 Å². The van der Waals surface area contributed by atoms with Gasteiger partial charge in [-0.3, -0.25) is 0 Å². The molecule has 1 aromatic carbocycles. The van der Waals surface area contributed by atoms with E-state index in [1.165, 1.54) is 128 Å². The quantitative estimate of drug-likeness (QED) is 0.143. The maximum Gasteiger partial charge on any atom is 0.115 e. The number of aryl methyl sites for hydroxylation is 1. The Morgan fingerprint density at radius 1 is 0.640 bits per heavy atom. The van der Waals surface area contributed by atoms with Crippen molar-refractivity contribution in [1.29, 1.82) is 0 Å². The van der Waals surface area contributed by atoms with Gasteiger partial charge in [-0.05, 0) is 205 Å². The molecule has 0 heterocycles. The molecule has 0 bridgehead atoms. The SMILES string of the molecule is CC(C)=CCC/C(C)=C/CC/C(C)=C/CC/C=C(\C)CC/C=C(\C)CCC=C(C)C.C[C@]12CC[C@@H]3c4ccc(O)cc4CC[C@H]3[C@@H]1CC[C@@H]2O. The third-order valence-corrected chi connectivity index (χ3v) is 12.1. The molecule has 2 nitrogen and oxygen atoms in total. The largest absolute Gasteiger partial charge is 0.508 e. The number of fused-ring (bicyclic) bond motifs is 5. The van der Waals surface area contributed by atoms with Crippen LogP contribution in [0, 0.1) is 17.3 Å². The van der Waals surface area contributed by atoms with E-state index in [1.54, 1.807) is 0 Å². The molecule has 0 radical (unpaired) electrons. The molecular formula is C48H74O2. The summed E-state index contributed by atoms with van der Waals surface area (Å²) in [6.07, 6.45) is 33.0. The van der Waals surface area contributed by atoms with Crippen LogP contribution in [0.1, 0.15) is 176 Å². The molecule has 2 saturated carbocycles.